The Balaban J connectivity index is 1.41. The fourth-order valence-corrected chi connectivity index (χ4v) is 4.19. The molecule has 4 rings (SSSR count). The number of hydrogen-bond acceptors (Lipinski definition) is 5. The molecular formula is C26H25N3O5. The van der Waals surface area contributed by atoms with E-state index in [4.69, 9.17) is 4.74 Å². The van der Waals surface area contributed by atoms with Gasteiger partial charge in [-0.3, -0.25) is 14.6 Å². The standard InChI is InChI=1S/C26H25N3O5/c1-16(22-12-6-7-13-27-22)28-25(32)23(14-24(30)31)29-26(33)34-15-21-19-10-4-2-8-17(19)18-9-3-5-11-20(18)21/h2-13,16,21,23H,14-15H2,1H3,(H,28,32)(H,29,33)(H,30,31)/t16-,23?/m1/s1. The van der Waals surface area contributed by atoms with Gasteiger partial charge in [0.25, 0.3) is 0 Å². The molecule has 0 saturated carbocycles. The van der Waals surface area contributed by atoms with Crippen LogP contribution in [-0.2, 0) is 14.3 Å². The number of fused-ring (bicyclic) bond motifs is 3. The van der Waals surface area contributed by atoms with Gasteiger partial charge in [0, 0.05) is 12.1 Å². The zero-order chi connectivity index (χ0) is 24.1. The molecule has 3 aromatic rings. The summed E-state index contributed by atoms with van der Waals surface area (Å²) < 4.78 is 5.46. The maximum atomic E-state index is 12.7. The van der Waals surface area contributed by atoms with Crippen molar-refractivity contribution in [2.45, 2.75) is 31.3 Å². The number of benzene rings is 2. The average Bonchev–Trinajstić information content (AvgIpc) is 3.16. The van der Waals surface area contributed by atoms with Crippen molar-refractivity contribution in [2.75, 3.05) is 6.61 Å². The third kappa shape index (κ3) is 5.06. The first kappa shape index (κ1) is 23.0. The van der Waals surface area contributed by atoms with Crippen LogP contribution >= 0.6 is 0 Å². The van der Waals surface area contributed by atoms with E-state index in [1.807, 2.05) is 48.5 Å². The van der Waals surface area contributed by atoms with Crippen molar-refractivity contribution in [3.05, 3.63) is 89.7 Å². The molecule has 0 spiro atoms. The predicted molar refractivity (Wildman–Crippen MR) is 125 cm³/mol. The summed E-state index contributed by atoms with van der Waals surface area (Å²) in [6, 6.07) is 19.4. The van der Waals surface area contributed by atoms with Crippen LogP contribution in [0.3, 0.4) is 0 Å². The molecule has 8 nitrogen and oxygen atoms in total. The molecule has 2 atom stereocenters. The molecule has 1 unspecified atom stereocenters. The molecule has 1 aliphatic carbocycles. The normalized spacial score (nSPS) is 13.8. The average molecular weight is 460 g/mol. The SMILES string of the molecule is C[C@@H](NC(=O)C(CC(=O)O)NC(=O)OCC1c2ccccc2-c2ccccc21)c1ccccn1. The molecule has 8 heteroatoms. The summed E-state index contributed by atoms with van der Waals surface area (Å²) in [6.45, 7) is 1.79. The van der Waals surface area contributed by atoms with Crippen LogP contribution in [0.1, 0.15) is 42.1 Å². The first-order valence-corrected chi connectivity index (χ1v) is 11.0. The first-order chi connectivity index (χ1) is 16.4. The predicted octanol–water partition coefficient (Wildman–Crippen LogP) is 3.64. The Morgan fingerprint density at radius 3 is 2.15 bits per heavy atom. The van der Waals surface area contributed by atoms with Crippen LogP contribution in [0.15, 0.2) is 72.9 Å². The number of hydrogen-bond donors (Lipinski definition) is 3. The van der Waals surface area contributed by atoms with Gasteiger partial charge in [-0.05, 0) is 41.3 Å². The monoisotopic (exact) mass is 459 g/mol. The Kier molecular flexibility index (Phi) is 6.87. The quantitative estimate of drug-likeness (QED) is 0.473. The molecule has 1 aliphatic rings. The second-order valence-corrected chi connectivity index (χ2v) is 8.11. The van der Waals surface area contributed by atoms with E-state index in [0.717, 1.165) is 22.3 Å². The van der Waals surface area contributed by atoms with Crippen LogP contribution in [0.4, 0.5) is 4.79 Å². The number of pyridine rings is 1. The number of carboxylic acids is 1. The Morgan fingerprint density at radius 2 is 1.56 bits per heavy atom. The summed E-state index contributed by atoms with van der Waals surface area (Å²) in [7, 11) is 0. The van der Waals surface area contributed by atoms with Crippen molar-refractivity contribution >= 4 is 18.0 Å². The Bertz CT molecular complexity index is 1150. The second-order valence-electron chi connectivity index (χ2n) is 8.11. The number of ether oxygens (including phenoxy) is 1. The first-order valence-electron chi connectivity index (χ1n) is 11.0. The number of carboxylic acid groups (broad SMARTS) is 1. The van der Waals surface area contributed by atoms with Crippen LogP contribution in [0.5, 0.6) is 0 Å². The molecule has 0 fully saturated rings. The summed E-state index contributed by atoms with van der Waals surface area (Å²) in [5.41, 5.74) is 4.92. The Hall–Kier alpha value is -4.20. The maximum absolute atomic E-state index is 12.7. The lowest BCUT2D eigenvalue weighted by molar-refractivity contribution is -0.140. The van der Waals surface area contributed by atoms with E-state index in [-0.39, 0.29) is 12.5 Å². The van der Waals surface area contributed by atoms with Gasteiger partial charge in [-0.25, -0.2) is 4.79 Å². The lowest BCUT2D eigenvalue weighted by Gasteiger charge is -2.21. The van der Waals surface area contributed by atoms with Gasteiger partial charge in [-0.2, -0.15) is 0 Å². The number of amides is 2. The zero-order valence-electron chi connectivity index (χ0n) is 18.6. The molecule has 3 N–H and O–H groups in total. The zero-order valence-corrected chi connectivity index (χ0v) is 18.6. The molecule has 0 aliphatic heterocycles. The number of nitrogens with one attached hydrogen (secondary N) is 2. The molecule has 174 valence electrons. The van der Waals surface area contributed by atoms with Gasteiger partial charge < -0.3 is 20.5 Å². The van der Waals surface area contributed by atoms with Crippen molar-refractivity contribution in [1.29, 1.82) is 0 Å². The topological polar surface area (TPSA) is 118 Å². The van der Waals surface area contributed by atoms with Crippen LogP contribution in [0.2, 0.25) is 0 Å². The van der Waals surface area contributed by atoms with Crippen molar-refractivity contribution in [2.24, 2.45) is 0 Å². The van der Waals surface area contributed by atoms with Crippen molar-refractivity contribution in [3.8, 4) is 11.1 Å². The Morgan fingerprint density at radius 1 is 0.941 bits per heavy atom. The molecule has 0 radical (unpaired) electrons. The molecule has 2 aromatic carbocycles. The van der Waals surface area contributed by atoms with E-state index in [0.29, 0.717) is 5.69 Å². The molecule has 1 aromatic heterocycles. The van der Waals surface area contributed by atoms with Gasteiger partial charge in [-0.15, -0.1) is 0 Å². The summed E-state index contributed by atoms with van der Waals surface area (Å²) >= 11 is 0. The number of carbonyl (C=O) groups excluding carboxylic acids is 2. The summed E-state index contributed by atoms with van der Waals surface area (Å²) in [5, 5.41) is 14.3. The third-order valence-electron chi connectivity index (χ3n) is 5.82. The summed E-state index contributed by atoms with van der Waals surface area (Å²) in [5.74, 6) is -1.99. The van der Waals surface area contributed by atoms with Crippen LogP contribution in [0.25, 0.3) is 11.1 Å². The van der Waals surface area contributed by atoms with E-state index in [1.54, 1.807) is 31.3 Å². The summed E-state index contributed by atoms with van der Waals surface area (Å²) in [6.07, 6.45) is 0.167. The number of alkyl carbamates (subject to hydrolysis) is 1. The highest BCUT2D eigenvalue weighted by Gasteiger charge is 2.30. The molecule has 34 heavy (non-hydrogen) atoms. The third-order valence-corrected chi connectivity index (χ3v) is 5.82. The molecule has 2 amide bonds. The fourth-order valence-electron chi connectivity index (χ4n) is 4.19. The van der Waals surface area contributed by atoms with Crippen molar-refractivity contribution in [3.63, 3.8) is 0 Å². The van der Waals surface area contributed by atoms with Gasteiger partial charge in [-0.1, -0.05) is 54.6 Å². The minimum atomic E-state index is -1.29. The lowest BCUT2D eigenvalue weighted by atomic mass is 9.98. The number of carbonyl (C=O) groups is 3. The van der Waals surface area contributed by atoms with Gasteiger partial charge in [0.1, 0.15) is 12.6 Å². The summed E-state index contributed by atoms with van der Waals surface area (Å²) in [4.78, 5) is 40.8. The van der Waals surface area contributed by atoms with Crippen molar-refractivity contribution in [1.82, 2.24) is 15.6 Å². The molecule has 1 heterocycles. The molecule has 0 saturated heterocycles. The Labute approximate surface area is 197 Å². The van der Waals surface area contributed by atoms with Crippen molar-refractivity contribution < 1.29 is 24.2 Å². The highest BCUT2D eigenvalue weighted by molar-refractivity contribution is 5.89. The second kappa shape index (κ2) is 10.2. The van der Waals surface area contributed by atoms with Gasteiger partial charge in [0.2, 0.25) is 5.91 Å². The van der Waals surface area contributed by atoms with Crippen LogP contribution in [0, 0.1) is 0 Å². The highest BCUT2D eigenvalue weighted by atomic mass is 16.5. The van der Waals surface area contributed by atoms with Crippen LogP contribution in [-0.4, -0.2) is 40.7 Å². The van der Waals surface area contributed by atoms with Gasteiger partial charge in [0.15, 0.2) is 0 Å². The number of nitrogens with zero attached hydrogens (tertiary/aromatic N) is 1. The van der Waals surface area contributed by atoms with Gasteiger partial charge in [0.05, 0.1) is 18.2 Å². The van der Waals surface area contributed by atoms with Crippen LogP contribution < -0.4 is 10.6 Å². The number of aliphatic carboxylic acids is 1. The minimum absolute atomic E-state index is 0.0611. The van der Waals surface area contributed by atoms with E-state index in [9.17, 15) is 19.5 Å². The fraction of sp³-hybridized carbons (Fsp3) is 0.231. The number of rotatable bonds is 8. The van der Waals surface area contributed by atoms with E-state index in [1.165, 1.54) is 0 Å². The van der Waals surface area contributed by atoms with E-state index >= 15 is 0 Å². The minimum Gasteiger partial charge on any atom is -0.481 e. The van der Waals surface area contributed by atoms with E-state index < -0.39 is 36.5 Å². The molecule has 0 bridgehead atoms. The number of aromatic nitrogens is 1. The molecular weight excluding hydrogens is 434 g/mol. The smallest absolute Gasteiger partial charge is 0.407 e. The largest absolute Gasteiger partial charge is 0.481 e. The van der Waals surface area contributed by atoms with Gasteiger partial charge >= 0.3 is 12.1 Å². The van der Waals surface area contributed by atoms with E-state index in [2.05, 4.69) is 15.6 Å². The lowest BCUT2D eigenvalue weighted by Crippen LogP contribution is -2.48. The highest BCUT2D eigenvalue weighted by Crippen LogP contribution is 2.44. The maximum Gasteiger partial charge on any atom is 0.407 e.